The molecule has 0 fully saturated rings. The molecule has 0 radical (unpaired) electrons. The highest BCUT2D eigenvalue weighted by atomic mass is 16.5. The Morgan fingerprint density at radius 3 is 2.10 bits per heavy atom. The summed E-state index contributed by atoms with van der Waals surface area (Å²) in [7, 11) is 1.38. The molecule has 0 spiro atoms. The van der Waals surface area contributed by atoms with Crippen LogP contribution in [-0.2, 0) is 9.53 Å². The van der Waals surface area contributed by atoms with Crippen molar-refractivity contribution in [1.82, 2.24) is 0 Å². The van der Waals surface area contributed by atoms with Crippen molar-refractivity contribution in [2.75, 3.05) is 7.11 Å². The van der Waals surface area contributed by atoms with E-state index in [1.807, 2.05) is 32.0 Å². The number of benzene rings is 1. The van der Waals surface area contributed by atoms with Crippen LogP contribution < -0.4 is 0 Å². The van der Waals surface area contributed by atoms with Gasteiger partial charge in [-0.15, -0.1) is 0 Å². The quantitative estimate of drug-likeness (QED) is 0.481. The number of methoxy groups -OCH3 is 1. The Bertz CT molecular complexity index is 543. The molecular formula is C17H20O3. The molecule has 3 heteroatoms. The van der Waals surface area contributed by atoms with Crippen molar-refractivity contribution in [1.29, 1.82) is 0 Å². The molecule has 0 saturated carbocycles. The fraction of sp³-hybridized carbons (Fsp3) is 0.412. The highest BCUT2D eigenvalue weighted by Gasteiger charge is 2.38. The van der Waals surface area contributed by atoms with Crippen LogP contribution >= 0.6 is 0 Å². The number of carbonyl (C=O) groups is 2. The number of rotatable bonds is 3. The second-order valence-corrected chi connectivity index (χ2v) is 5.44. The molecule has 0 aliphatic heterocycles. The fourth-order valence-corrected chi connectivity index (χ4v) is 2.78. The maximum Gasteiger partial charge on any atom is 0.309 e. The van der Waals surface area contributed by atoms with Crippen LogP contribution in [0.25, 0.3) is 0 Å². The third kappa shape index (κ3) is 2.82. The van der Waals surface area contributed by atoms with Crippen LogP contribution in [0.15, 0.2) is 41.5 Å². The lowest BCUT2D eigenvalue weighted by Gasteiger charge is -2.30. The smallest absolute Gasteiger partial charge is 0.309 e. The molecule has 3 nitrogen and oxygen atoms in total. The predicted molar refractivity (Wildman–Crippen MR) is 77.4 cm³/mol. The van der Waals surface area contributed by atoms with Crippen LogP contribution in [-0.4, -0.2) is 18.9 Å². The molecule has 2 atom stereocenters. The van der Waals surface area contributed by atoms with Crippen molar-refractivity contribution in [2.24, 2.45) is 11.8 Å². The first-order chi connectivity index (χ1) is 9.54. The molecule has 0 amide bonds. The predicted octanol–water partition coefficient (Wildman–Crippen LogP) is 3.40. The molecule has 2 rings (SSSR count). The number of allylic oxidation sites excluding steroid dienone is 2. The second kappa shape index (κ2) is 6.04. The lowest BCUT2D eigenvalue weighted by molar-refractivity contribution is -0.147. The number of hydrogen-bond acceptors (Lipinski definition) is 3. The van der Waals surface area contributed by atoms with Gasteiger partial charge in [-0.2, -0.15) is 0 Å². The first-order valence-electron chi connectivity index (χ1n) is 6.87. The van der Waals surface area contributed by atoms with E-state index in [2.05, 4.69) is 0 Å². The third-order valence-electron chi connectivity index (χ3n) is 4.17. The lowest BCUT2D eigenvalue weighted by Crippen LogP contribution is -2.34. The van der Waals surface area contributed by atoms with Gasteiger partial charge in [-0.3, -0.25) is 9.59 Å². The van der Waals surface area contributed by atoms with Crippen molar-refractivity contribution >= 4 is 11.8 Å². The molecule has 106 valence electrons. The maximum atomic E-state index is 12.7. The number of carbonyl (C=O) groups excluding carboxylic acids is 2. The van der Waals surface area contributed by atoms with E-state index in [0.717, 1.165) is 0 Å². The molecule has 1 aliphatic carbocycles. The number of ether oxygens (including phenoxy) is 1. The van der Waals surface area contributed by atoms with Gasteiger partial charge in [0.2, 0.25) is 0 Å². The highest BCUT2D eigenvalue weighted by Crippen LogP contribution is 2.36. The minimum Gasteiger partial charge on any atom is -0.469 e. The number of ketones is 1. The Balaban J connectivity index is 2.32. The molecule has 20 heavy (non-hydrogen) atoms. The molecule has 0 bridgehead atoms. The fourth-order valence-electron chi connectivity index (χ4n) is 2.78. The number of esters is 1. The number of Topliss-reactive ketones (excluding diaryl/α,β-unsaturated/α-hetero) is 1. The first-order valence-corrected chi connectivity index (χ1v) is 6.87. The number of hydrogen-bond donors (Lipinski definition) is 0. The van der Waals surface area contributed by atoms with Crippen LogP contribution in [0.5, 0.6) is 0 Å². The Labute approximate surface area is 119 Å². The minimum atomic E-state index is -0.364. The van der Waals surface area contributed by atoms with Gasteiger partial charge in [0, 0.05) is 11.5 Å². The molecule has 1 aromatic carbocycles. The Hall–Kier alpha value is -1.90. The highest BCUT2D eigenvalue weighted by molar-refractivity contribution is 6.00. The normalized spacial score (nSPS) is 22.6. The molecule has 0 saturated heterocycles. The molecule has 0 unspecified atom stereocenters. The Morgan fingerprint density at radius 2 is 1.55 bits per heavy atom. The zero-order chi connectivity index (χ0) is 14.7. The van der Waals surface area contributed by atoms with Crippen LogP contribution in [0, 0.1) is 11.8 Å². The average Bonchev–Trinajstić information content (AvgIpc) is 2.49. The van der Waals surface area contributed by atoms with E-state index in [4.69, 9.17) is 4.74 Å². The summed E-state index contributed by atoms with van der Waals surface area (Å²) in [5, 5.41) is 0. The summed E-state index contributed by atoms with van der Waals surface area (Å²) in [5.74, 6) is -0.927. The van der Waals surface area contributed by atoms with Crippen molar-refractivity contribution in [3.8, 4) is 0 Å². The van der Waals surface area contributed by atoms with Gasteiger partial charge in [0.1, 0.15) is 0 Å². The van der Waals surface area contributed by atoms with Gasteiger partial charge in [-0.1, -0.05) is 41.5 Å². The topological polar surface area (TPSA) is 43.4 Å². The average molecular weight is 272 g/mol. The van der Waals surface area contributed by atoms with Gasteiger partial charge in [0.25, 0.3) is 0 Å². The molecule has 0 N–H and O–H groups in total. The van der Waals surface area contributed by atoms with Crippen molar-refractivity contribution < 1.29 is 14.3 Å². The van der Waals surface area contributed by atoms with Gasteiger partial charge < -0.3 is 4.74 Å². The molecule has 0 heterocycles. The molecular weight excluding hydrogens is 252 g/mol. The second-order valence-electron chi connectivity index (χ2n) is 5.44. The van der Waals surface area contributed by atoms with Gasteiger partial charge in [-0.25, -0.2) is 0 Å². The van der Waals surface area contributed by atoms with E-state index in [-0.39, 0.29) is 23.6 Å². The Kier molecular flexibility index (Phi) is 4.38. The van der Waals surface area contributed by atoms with E-state index in [1.54, 1.807) is 12.1 Å². The van der Waals surface area contributed by atoms with Crippen molar-refractivity contribution in [3.05, 3.63) is 47.0 Å². The summed E-state index contributed by atoms with van der Waals surface area (Å²) in [5.41, 5.74) is 3.07. The lowest BCUT2D eigenvalue weighted by atomic mass is 9.73. The summed E-state index contributed by atoms with van der Waals surface area (Å²) in [6, 6.07) is 9.17. The van der Waals surface area contributed by atoms with Crippen molar-refractivity contribution in [2.45, 2.75) is 26.7 Å². The van der Waals surface area contributed by atoms with Gasteiger partial charge in [0.15, 0.2) is 5.78 Å². The summed E-state index contributed by atoms with van der Waals surface area (Å²) in [6.07, 6.45) is 1.25. The first kappa shape index (κ1) is 14.5. The van der Waals surface area contributed by atoms with E-state index < -0.39 is 0 Å². The van der Waals surface area contributed by atoms with E-state index in [0.29, 0.717) is 18.4 Å². The van der Waals surface area contributed by atoms with E-state index >= 15 is 0 Å². The van der Waals surface area contributed by atoms with Crippen molar-refractivity contribution in [3.63, 3.8) is 0 Å². The van der Waals surface area contributed by atoms with E-state index in [9.17, 15) is 9.59 Å². The summed E-state index contributed by atoms with van der Waals surface area (Å²) >= 11 is 0. The zero-order valence-electron chi connectivity index (χ0n) is 12.2. The van der Waals surface area contributed by atoms with Crippen LogP contribution in [0.4, 0.5) is 0 Å². The molecule has 1 aromatic rings. The van der Waals surface area contributed by atoms with Gasteiger partial charge in [0.05, 0.1) is 13.0 Å². The molecule has 1 aliphatic rings. The largest absolute Gasteiger partial charge is 0.469 e. The van der Waals surface area contributed by atoms with E-state index in [1.165, 1.54) is 18.3 Å². The zero-order valence-corrected chi connectivity index (χ0v) is 12.2. The summed E-state index contributed by atoms with van der Waals surface area (Å²) in [4.78, 5) is 24.6. The minimum absolute atomic E-state index is 0.0350. The van der Waals surface area contributed by atoms with Crippen LogP contribution in [0.2, 0.25) is 0 Å². The molecule has 0 aromatic heterocycles. The monoisotopic (exact) mass is 272 g/mol. The standard InChI is InChI=1S/C17H20O3/c1-11-9-14(15(10-12(11)2)17(19)20-3)16(18)13-7-5-4-6-8-13/h4-8,14-15H,9-10H2,1-3H3/t14-,15+/m0/s1. The Morgan fingerprint density at radius 1 is 1.00 bits per heavy atom. The van der Waals surface area contributed by atoms with Crippen LogP contribution in [0.1, 0.15) is 37.0 Å². The summed E-state index contributed by atoms with van der Waals surface area (Å²) < 4.78 is 4.88. The van der Waals surface area contributed by atoms with Crippen LogP contribution in [0.3, 0.4) is 0 Å². The van der Waals surface area contributed by atoms with Gasteiger partial charge in [-0.05, 0) is 26.7 Å². The maximum absolute atomic E-state index is 12.7. The third-order valence-corrected chi connectivity index (χ3v) is 4.17. The summed E-state index contributed by atoms with van der Waals surface area (Å²) in [6.45, 7) is 4.06. The SMILES string of the molecule is COC(=O)[C@@H]1CC(C)=C(C)C[C@@H]1C(=O)c1ccccc1. The van der Waals surface area contributed by atoms with Gasteiger partial charge >= 0.3 is 5.97 Å².